The SMILES string of the molecule is CCNC(c1cc2ccccc2o1)C(C)(C)N(CC)CC. The first-order chi connectivity index (χ1) is 10.0. The van der Waals surface area contributed by atoms with Gasteiger partial charge in [-0.15, -0.1) is 0 Å². The lowest BCUT2D eigenvalue weighted by Crippen LogP contribution is -2.52. The summed E-state index contributed by atoms with van der Waals surface area (Å²) in [7, 11) is 0. The van der Waals surface area contributed by atoms with Gasteiger partial charge in [-0.3, -0.25) is 4.90 Å². The van der Waals surface area contributed by atoms with Gasteiger partial charge >= 0.3 is 0 Å². The lowest BCUT2D eigenvalue weighted by molar-refractivity contribution is 0.0833. The Morgan fingerprint density at radius 1 is 1.14 bits per heavy atom. The average Bonchev–Trinajstić information content (AvgIpc) is 2.88. The molecule has 116 valence electrons. The maximum atomic E-state index is 6.12. The topological polar surface area (TPSA) is 28.4 Å². The number of para-hydroxylation sites is 1. The van der Waals surface area contributed by atoms with Crippen molar-refractivity contribution in [2.24, 2.45) is 0 Å². The van der Waals surface area contributed by atoms with Gasteiger partial charge in [-0.2, -0.15) is 0 Å². The highest BCUT2D eigenvalue weighted by Gasteiger charge is 2.36. The number of hydrogen-bond acceptors (Lipinski definition) is 3. The molecule has 0 fully saturated rings. The highest BCUT2D eigenvalue weighted by molar-refractivity contribution is 5.77. The van der Waals surface area contributed by atoms with Crippen molar-refractivity contribution in [1.82, 2.24) is 10.2 Å². The van der Waals surface area contributed by atoms with Crippen LogP contribution in [0.3, 0.4) is 0 Å². The number of benzene rings is 1. The minimum Gasteiger partial charge on any atom is -0.459 e. The van der Waals surface area contributed by atoms with E-state index in [2.05, 4.69) is 63.0 Å². The molecule has 0 saturated heterocycles. The number of hydrogen-bond donors (Lipinski definition) is 1. The molecule has 1 unspecified atom stereocenters. The van der Waals surface area contributed by atoms with E-state index in [1.165, 1.54) is 5.39 Å². The van der Waals surface area contributed by atoms with Crippen molar-refractivity contribution >= 4 is 11.0 Å². The van der Waals surface area contributed by atoms with Crippen LogP contribution in [-0.4, -0.2) is 30.1 Å². The maximum Gasteiger partial charge on any atom is 0.134 e. The molecule has 0 spiro atoms. The van der Waals surface area contributed by atoms with Gasteiger partial charge in [0.1, 0.15) is 11.3 Å². The second kappa shape index (κ2) is 6.63. The van der Waals surface area contributed by atoms with E-state index in [1.807, 2.05) is 12.1 Å². The minimum absolute atomic E-state index is 0.00656. The van der Waals surface area contributed by atoms with Crippen molar-refractivity contribution in [3.8, 4) is 0 Å². The Kier molecular flexibility index (Phi) is 5.07. The Bertz CT molecular complexity index is 536. The Hall–Kier alpha value is -1.32. The summed E-state index contributed by atoms with van der Waals surface area (Å²) in [6.45, 7) is 14.2. The van der Waals surface area contributed by atoms with Gasteiger partial charge in [-0.05, 0) is 45.6 Å². The van der Waals surface area contributed by atoms with Crippen LogP contribution in [0.5, 0.6) is 0 Å². The molecule has 2 aromatic rings. The molecule has 2 rings (SSSR count). The standard InChI is InChI=1S/C18H28N2O/c1-6-19-17(18(4,5)20(7-2)8-3)16-13-14-11-9-10-12-15(14)21-16/h9-13,17,19H,6-8H2,1-5H3. The second-order valence-electron chi connectivity index (χ2n) is 6.00. The Balaban J connectivity index is 2.41. The van der Waals surface area contributed by atoms with Crippen LogP contribution < -0.4 is 5.32 Å². The van der Waals surface area contributed by atoms with Crippen LogP contribution in [0.25, 0.3) is 11.0 Å². The zero-order chi connectivity index (χ0) is 15.5. The van der Waals surface area contributed by atoms with Crippen LogP contribution in [0.4, 0.5) is 0 Å². The molecule has 1 N–H and O–H groups in total. The van der Waals surface area contributed by atoms with E-state index in [0.717, 1.165) is 31.0 Å². The van der Waals surface area contributed by atoms with Gasteiger partial charge in [0, 0.05) is 10.9 Å². The monoisotopic (exact) mass is 288 g/mol. The molecular weight excluding hydrogens is 260 g/mol. The van der Waals surface area contributed by atoms with E-state index >= 15 is 0 Å². The van der Waals surface area contributed by atoms with Crippen LogP contribution in [0.1, 0.15) is 46.4 Å². The molecule has 0 radical (unpaired) electrons. The van der Waals surface area contributed by atoms with Crippen LogP contribution in [0.2, 0.25) is 0 Å². The van der Waals surface area contributed by atoms with E-state index in [9.17, 15) is 0 Å². The quantitative estimate of drug-likeness (QED) is 0.827. The summed E-state index contributed by atoms with van der Waals surface area (Å²) >= 11 is 0. The van der Waals surface area contributed by atoms with Crippen LogP contribution in [0.15, 0.2) is 34.7 Å². The molecule has 0 aliphatic carbocycles. The molecule has 0 saturated carbocycles. The molecule has 1 aromatic carbocycles. The van der Waals surface area contributed by atoms with Crippen LogP contribution in [0, 0.1) is 0 Å². The molecule has 3 nitrogen and oxygen atoms in total. The molecule has 0 bridgehead atoms. The first-order valence-corrected chi connectivity index (χ1v) is 8.01. The van der Waals surface area contributed by atoms with Crippen LogP contribution in [-0.2, 0) is 0 Å². The van der Waals surface area contributed by atoms with Gasteiger partial charge in [0.05, 0.1) is 6.04 Å². The van der Waals surface area contributed by atoms with Crippen molar-refractivity contribution in [2.45, 2.75) is 46.2 Å². The lowest BCUT2D eigenvalue weighted by atomic mass is 9.90. The van der Waals surface area contributed by atoms with Gasteiger partial charge < -0.3 is 9.73 Å². The highest BCUT2D eigenvalue weighted by atomic mass is 16.3. The Morgan fingerprint density at radius 3 is 2.38 bits per heavy atom. The summed E-state index contributed by atoms with van der Waals surface area (Å²) < 4.78 is 6.12. The fraction of sp³-hybridized carbons (Fsp3) is 0.556. The molecule has 1 heterocycles. The van der Waals surface area contributed by atoms with Gasteiger partial charge in [-0.25, -0.2) is 0 Å². The van der Waals surface area contributed by atoms with Gasteiger partial charge in [0.2, 0.25) is 0 Å². The molecule has 21 heavy (non-hydrogen) atoms. The first kappa shape index (κ1) is 16.1. The predicted octanol–water partition coefficient (Wildman–Crippen LogP) is 4.20. The van der Waals surface area contributed by atoms with Crippen molar-refractivity contribution in [2.75, 3.05) is 19.6 Å². The fourth-order valence-corrected chi connectivity index (χ4v) is 3.27. The zero-order valence-corrected chi connectivity index (χ0v) is 13.9. The molecule has 0 aliphatic rings. The first-order valence-electron chi connectivity index (χ1n) is 8.01. The fourth-order valence-electron chi connectivity index (χ4n) is 3.27. The van der Waals surface area contributed by atoms with E-state index in [1.54, 1.807) is 0 Å². The highest BCUT2D eigenvalue weighted by Crippen LogP contribution is 2.34. The molecular formula is C18H28N2O. The molecule has 0 amide bonds. The summed E-state index contributed by atoms with van der Waals surface area (Å²) in [6.07, 6.45) is 0. The van der Waals surface area contributed by atoms with E-state index < -0.39 is 0 Å². The van der Waals surface area contributed by atoms with Crippen molar-refractivity contribution in [1.29, 1.82) is 0 Å². The largest absolute Gasteiger partial charge is 0.459 e. The number of rotatable bonds is 7. The number of nitrogens with zero attached hydrogens (tertiary/aromatic N) is 1. The third kappa shape index (κ3) is 3.14. The van der Waals surface area contributed by atoms with Crippen molar-refractivity contribution < 1.29 is 4.42 Å². The number of furan rings is 1. The number of likely N-dealkylation sites (N-methyl/N-ethyl adjacent to an activating group) is 2. The van der Waals surface area contributed by atoms with Gasteiger partial charge in [0.25, 0.3) is 0 Å². The van der Waals surface area contributed by atoms with E-state index in [0.29, 0.717) is 0 Å². The maximum absolute atomic E-state index is 6.12. The second-order valence-corrected chi connectivity index (χ2v) is 6.00. The molecule has 1 aromatic heterocycles. The Morgan fingerprint density at radius 2 is 1.81 bits per heavy atom. The molecule has 0 aliphatic heterocycles. The molecule has 1 atom stereocenters. The predicted molar refractivity (Wildman–Crippen MR) is 89.6 cm³/mol. The van der Waals surface area contributed by atoms with Crippen molar-refractivity contribution in [3.63, 3.8) is 0 Å². The average molecular weight is 288 g/mol. The lowest BCUT2D eigenvalue weighted by Gasteiger charge is -2.42. The summed E-state index contributed by atoms with van der Waals surface area (Å²) in [5.74, 6) is 1.02. The Labute approximate surface area is 128 Å². The third-order valence-electron chi connectivity index (χ3n) is 4.42. The minimum atomic E-state index is -0.00656. The normalized spacial score (nSPS) is 14.0. The van der Waals surface area contributed by atoms with E-state index in [-0.39, 0.29) is 11.6 Å². The summed E-state index contributed by atoms with van der Waals surface area (Å²) in [5.41, 5.74) is 0.957. The summed E-state index contributed by atoms with van der Waals surface area (Å²) in [4.78, 5) is 2.48. The smallest absolute Gasteiger partial charge is 0.134 e. The van der Waals surface area contributed by atoms with Gasteiger partial charge in [-0.1, -0.05) is 39.0 Å². The van der Waals surface area contributed by atoms with Gasteiger partial charge in [0.15, 0.2) is 0 Å². The summed E-state index contributed by atoms with van der Waals surface area (Å²) in [6, 6.07) is 10.6. The third-order valence-corrected chi connectivity index (χ3v) is 4.42. The number of nitrogens with one attached hydrogen (secondary N) is 1. The zero-order valence-electron chi connectivity index (χ0n) is 13.9. The number of fused-ring (bicyclic) bond motifs is 1. The van der Waals surface area contributed by atoms with Crippen LogP contribution >= 0.6 is 0 Å². The van der Waals surface area contributed by atoms with Crippen molar-refractivity contribution in [3.05, 3.63) is 36.1 Å². The molecule has 3 heteroatoms. The van der Waals surface area contributed by atoms with E-state index in [4.69, 9.17) is 4.42 Å². The summed E-state index contributed by atoms with van der Waals surface area (Å²) in [5, 5.41) is 4.79.